The van der Waals surface area contributed by atoms with Gasteiger partial charge in [0.25, 0.3) is 0 Å². The Hall–Kier alpha value is -0.570. The minimum absolute atomic E-state index is 0.0342. The third-order valence-corrected chi connectivity index (χ3v) is 3.03. The molecule has 68 valence electrons. The van der Waals surface area contributed by atoms with Crippen molar-refractivity contribution in [3.8, 4) is 0 Å². The fraction of sp³-hybridized carbons (Fsp3) is 0.889. The first-order chi connectivity index (χ1) is 5.79. The standard InChI is InChI=1S/C9H14O3/c10-9(11)8-5-7(8)6-1-3-12-4-2-6/h6-8H,1-5H2,(H,10,11)/t7-,8-/m0/s1. The third kappa shape index (κ3) is 1.46. The van der Waals surface area contributed by atoms with Gasteiger partial charge in [-0.25, -0.2) is 0 Å². The van der Waals surface area contributed by atoms with Gasteiger partial charge in [-0.05, 0) is 31.1 Å². The number of ether oxygens (including phenoxy) is 1. The summed E-state index contributed by atoms with van der Waals surface area (Å²) in [5.41, 5.74) is 0. The molecule has 0 aromatic carbocycles. The summed E-state index contributed by atoms with van der Waals surface area (Å²) in [6.45, 7) is 1.65. The lowest BCUT2D eigenvalue weighted by Crippen LogP contribution is -2.18. The lowest BCUT2D eigenvalue weighted by molar-refractivity contribution is -0.139. The van der Waals surface area contributed by atoms with E-state index in [1.54, 1.807) is 0 Å². The summed E-state index contributed by atoms with van der Waals surface area (Å²) in [5, 5.41) is 8.72. The highest BCUT2D eigenvalue weighted by Gasteiger charge is 2.47. The lowest BCUT2D eigenvalue weighted by Gasteiger charge is -2.21. The van der Waals surface area contributed by atoms with Gasteiger partial charge in [0.1, 0.15) is 0 Å². The first-order valence-electron chi connectivity index (χ1n) is 4.59. The van der Waals surface area contributed by atoms with Crippen molar-refractivity contribution in [1.29, 1.82) is 0 Å². The summed E-state index contributed by atoms with van der Waals surface area (Å²) < 4.78 is 5.23. The van der Waals surface area contributed by atoms with E-state index in [1.807, 2.05) is 0 Å². The van der Waals surface area contributed by atoms with Gasteiger partial charge in [0.2, 0.25) is 0 Å². The highest BCUT2D eigenvalue weighted by molar-refractivity contribution is 5.73. The van der Waals surface area contributed by atoms with Crippen LogP contribution in [0.15, 0.2) is 0 Å². The van der Waals surface area contributed by atoms with Crippen LogP contribution in [0.5, 0.6) is 0 Å². The summed E-state index contributed by atoms with van der Waals surface area (Å²) in [6.07, 6.45) is 3.03. The Bertz CT molecular complexity index is 184. The molecule has 1 saturated carbocycles. The Kier molecular flexibility index (Phi) is 2.05. The number of carboxylic acid groups (broad SMARTS) is 1. The number of hydrogen-bond acceptors (Lipinski definition) is 2. The minimum atomic E-state index is -0.605. The van der Waals surface area contributed by atoms with E-state index in [-0.39, 0.29) is 5.92 Å². The molecule has 0 spiro atoms. The predicted molar refractivity (Wildman–Crippen MR) is 42.8 cm³/mol. The van der Waals surface area contributed by atoms with Crippen LogP contribution in [-0.4, -0.2) is 24.3 Å². The number of carbonyl (C=O) groups is 1. The second-order valence-electron chi connectivity index (χ2n) is 3.79. The maximum absolute atomic E-state index is 10.6. The Morgan fingerprint density at radius 2 is 2.00 bits per heavy atom. The van der Waals surface area contributed by atoms with Crippen LogP contribution in [0.25, 0.3) is 0 Å². The van der Waals surface area contributed by atoms with Gasteiger partial charge in [-0.15, -0.1) is 0 Å². The largest absolute Gasteiger partial charge is 0.481 e. The first-order valence-corrected chi connectivity index (χ1v) is 4.59. The molecule has 1 aliphatic heterocycles. The monoisotopic (exact) mass is 170 g/mol. The van der Waals surface area contributed by atoms with Crippen molar-refractivity contribution in [2.24, 2.45) is 17.8 Å². The summed E-state index contributed by atoms with van der Waals surface area (Å²) >= 11 is 0. The van der Waals surface area contributed by atoms with Gasteiger partial charge in [0, 0.05) is 13.2 Å². The molecule has 2 atom stereocenters. The van der Waals surface area contributed by atoms with E-state index >= 15 is 0 Å². The van der Waals surface area contributed by atoms with Gasteiger partial charge in [0.15, 0.2) is 0 Å². The van der Waals surface area contributed by atoms with Crippen molar-refractivity contribution in [2.75, 3.05) is 13.2 Å². The molecule has 0 radical (unpaired) electrons. The second kappa shape index (κ2) is 3.05. The van der Waals surface area contributed by atoms with E-state index in [2.05, 4.69) is 0 Å². The van der Waals surface area contributed by atoms with E-state index < -0.39 is 5.97 Å². The maximum Gasteiger partial charge on any atom is 0.306 e. The number of rotatable bonds is 2. The van der Waals surface area contributed by atoms with Crippen molar-refractivity contribution < 1.29 is 14.6 Å². The zero-order valence-electron chi connectivity index (χ0n) is 7.03. The van der Waals surface area contributed by atoms with Gasteiger partial charge < -0.3 is 9.84 Å². The predicted octanol–water partition coefficient (Wildman–Crippen LogP) is 1.13. The van der Waals surface area contributed by atoms with Crippen molar-refractivity contribution in [3.05, 3.63) is 0 Å². The molecular weight excluding hydrogens is 156 g/mol. The number of aliphatic carboxylic acids is 1. The molecule has 1 saturated heterocycles. The van der Waals surface area contributed by atoms with E-state index in [0.29, 0.717) is 11.8 Å². The first kappa shape index (κ1) is 8.05. The van der Waals surface area contributed by atoms with Crippen LogP contribution in [0.3, 0.4) is 0 Å². The van der Waals surface area contributed by atoms with Crippen LogP contribution in [-0.2, 0) is 9.53 Å². The highest BCUT2D eigenvalue weighted by Crippen LogP contribution is 2.47. The Balaban J connectivity index is 1.83. The molecular formula is C9H14O3. The van der Waals surface area contributed by atoms with Crippen molar-refractivity contribution in [2.45, 2.75) is 19.3 Å². The maximum atomic E-state index is 10.6. The summed E-state index contributed by atoms with van der Waals surface area (Å²) in [7, 11) is 0. The molecule has 2 aliphatic rings. The molecule has 1 heterocycles. The minimum Gasteiger partial charge on any atom is -0.481 e. The summed E-state index contributed by atoms with van der Waals surface area (Å²) in [4.78, 5) is 10.6. The molecule has 2 fully saturated rings. The van der Waals surface area contributed by atoms with Crippen LogP contribution in [0.4, 0.5) is 0 Å². The van der Waals surface area contributed by atoms with E-state index in [0.717, 1.165) is 32.5 Å². The molecule has 3 nitrogen and oxygen atoms in total. The number of carboxylic acids is 1. The quantitative estimate of drug-likeness (QED) is 0.675. The molecule has 0 aromatic heterocycles. The molecule has 1 N–H and O–H groups in total. The number of hydrogen-bond donors (Lipinski definition) is 1. The van der Waals surface area contributed by atoms with Crippen LogP contribution in [0.1, 0.15) is 19.3 Å². The summed E-state index contributed by atoms with van der Waals surface area (Å²) in [5.74, 6) is 0.450. The molecule has 3 heteroatoms. The lowest BCUT2D eigenvalue weighted by atomic mass is 9.94. The highest BCUT2D eigenvalue weighted by atomic mass is 16.5. The molecule has 0 amide bonds. The van der Waals surface area contributed by atoms with Crippen LogP contribution >= 0.6 is 0 Å². The fourth-order valence-corrected chi connectivity index (χ4v) is 2.16. The van der Waals surface area contributed by atoms with E-state index in [9.17, 15) is 4.79 Å². The average molecular weight is 170 g/mol. The molecule has 2 rings (SSSR count). The van der Waals surface area contributed by atoms with Gasteiger partial charge >= 0.3 is 5.97 Å². The third-order valence-electron chi connectivity index (χ3n) is 3.03. The zero-order chi connectivity index (χ0) is 8.55. The topological polar surface area (TPSA) is 46.5 Å². The van der Waals surface area contributed by atoms with Crippen LogP contribution in [0.2, 0.25) is 0 Å². The zero-order valence-corrected chi connectivity index (χ0v) is 7.03. The van der Waals surface area contributed by atoms with Crippen LogP contribution < -0.4 is 0 Å². The van der Waals surface area contributed by atoms with E-state index in [4.69, 9.17) is 9.84 Å². The van der Waals surface area contributed by atoms with Crippen molar-refractivity contribution in [3.63, 3.8) is 0 Å². The van der Waals surface area contributed by atoms with Crippen LogP contribution in [0, 0.1) is 17.8 Å². The molecule has 12 heavy (non-hydrogen) atoms. The molecule has 0 unspecified atom stereocenters. The Labute approximate surface area is 71.7 Å². The normalized spacial score (nSPS) is 36.3. The Morgan fingerprint density at radius 3 is 2.50 bits per heavy atom. The SMILES string of the molecule is O=C(O)[C@H]1C[C@H]1C1CCOCC1. The van der Waals surface area contributed by atoms with E-state index in [1.165, 1.54) is 0 Å². The van der Waals surface area contributed by atoms with Gasteiger partial charge in [-0.1, -0.05) is 0 Å². The average Bonchev–Trinajstić information content (AvgIpc) is 2.84. The summed E-state index contributed by atoms with van der Waals surface area (Å²) in [6, 6.07) is 0. The Morgan fingerprint density at radius 1 is 1.33 bits per heavy atom. The molecule has 0 aromatic rings. The smallest absolute Gasteiger partial charge is 0.306 e. The molecule has 1 aliphatic carbocycles. The van der Waals surface area contributed by atoms with Gasteiger partial charge in [-0.2, -0.15) is 0 Å². The van der Waals surface area contributed by atoms with Gasteiger partial charge in [-0.3, -0.25) is 4.79 Å². The molecule has 0 bridgehead atoms. The van der Waals surface area contributed by atoms with Gasteiger partial charge in [0.05, 0.1) is 5.92 Å². The van der Waals surface area contributed by atoms with Crippen molar-refractivity contribution >= 4 is 5.97 Å². The van der Waals surface area contributed by atoms with Crippen molar-refractivity contribution in [1.82, 2.24) is 0 Å². The fourth-order valence-electron chi connectivity index (χ4n) is 2.16. The second-order valence-corrected chi connectivity index (χ2v) is 3.79.